The predicted octanol–water partition coefficient (Wildman–Crippen LogP) is 1.20. The maximum atomic E-state index is 11.4. The fourth-order valence-corrected chi connectivity index (χ4v) is 1.23. The molecule has 0 amide bonds. The molecule has 88 valence electrons. The largest absolute Gasteiger partial charge is 0.459 e. The molecule has 0 aromatic heterocycles. The second-order valence-electron chi connectivity index (χ2n) is 3.68. The van der Waals surface area contributed by atoms with E-state index in [9.17, 15) is 9.90 Å². The molecule has 0 saturated heterocycles. The van der Waals surface area contributed by atoms with Gasteiger partial charge in [0.25, 0.3) is 0 Å². The van der Waals surface area contributed by atoms with Crippen molar-refractivity contribution in [2.75, 3.05) is 6.54 Å². The molecule has 0 aliphatic carbocycles. The number of rotatable bonds is 4. The van der Waals surface area contributed by atoms with Crippen LogP contribution in [-0.4, -0.2) is 23.2 Å². The van der Waals surface area contributed by atoms with Gasteiger partial charge in [-0.2, -0.15) is 0 Å². The van der Waals surface area contributed by atoms with Crippen molar-refractivity contribution in [3.05, 3.63) is 34.3 Å². The van der Waals surface area contributed by atoms with Crippen LogP contribution in [0.3, 0.4) is 0 Å². The normalized spacial score (nSPS) is 14.2. The zero-order valence-corrected chi connectivity index (χ0v) is 10.5. The third-order valence-electron chi connectivity index (χ3n) is 2.12. The van der Waals surface area contributed by atoms with Crippen LogP contribution in [0.2, 0.25) is 0 Å². The Morgan fingerprint density at radius 2 is 2.06 bits per heavy atom. The second-order valence-corrected chi connectivity index (χ2v) is 4.60. The number of nitrogens with two attached hydrogens (primary N) is 1. The molecule has 0 spiro atoms. The van der Waals surface area contributed by atoms with Crippen LogP contribution in [0, 0.1) is 0 Å². The van der Waals surface area contributed by atoms with Crippen LogP contribution < -0.4 is 5.73 Å². The first kappa shape index (κ1) is 13.2. The standard InChI is InChI=1S/C11H14BrNO3/c1-11(15,7-13)10(14)16-6-8-2-4-9(12)5-3-8/h2-5,15H,6-7,13H2,1H3. The molecule has 0 radical (unpaired) electrons. The van der Waals surface area contributed by atoms with Crippen molar-refractivity contribution in [1.29, 1.82) is 0 Å². The lowest BCUT2D eigenvalue weighted by atomic mass is 10.1. The number of hydrogen-bond acceptors (Lipinski definition) is 4. The van der Waals surface area contributed by atoms with Crippen LogP contribution in [-0.2, 0) is 16.1 Å². The Morgan fingerprint density at radius 3 is 2.56 bits per heavy atom. The minimum absolute atomic E-state index is 0.127. The third-order valence-corrected chi connectivity index (χ3v) is 2.65. The predicted molar refractivity (Wildman–Crippen MR) is 63.6 cm³/mol. The SMILES string of the molecule is CC(O)(CN)C(=O)OCc1ccc(Br)cc1. The van der Waals surface area contributed by atoms with E-state index in [-0.39, 0.29) is 13.2 Å². The van der Waals surface area contributed by atoms with Gasteiger partial charge in [-0.15, -0.1) is 0 Å². The molecule has 16 heavy (non-hydrogen) atoms. The van der Waals surface area contributed by atoms with Gasteiger partial charge in [0.1, 0.15) is 6.61 Å². The number of benzene rings is 1. The summed E-state index contributed by atoms with van der Waals surface area (Å²) in [4.78, 5) is 11.4. The lowest BCUT2D eigenvalue weighted by Gasteiger charge is -2.18. The molecule has 0 saturated carbocycles. The monoisotopic (exact) mass is 287 g/mol. The van der Waals surface area contributed by atoms with E-state index in [2.05, 4.69) is 15.9 Å². The smallest absolute Gasteiger partial charge is 0.339 e. The lowest BCUT2D eigenvalue weighted by molar-refractivity contribution is -0.164. The first-order valence-corrected chi connectivity index (χ1v) is 5.59. The highest BCUT2D eigenvalue weighted by Crippen LogP contribution is 2.12. The molecular formula is C11H14BrNO3. The van der Waals surface area contributed by atoms with E-state index in [4.69, 9.17) is 10.5 Å². The molecule has 4 nitrogen and oxygen atoms in total. The third kappa shape index (κ3) is 3.59. The number of carbonyl (C=O) groups excluding carboxylic acids is 1. The van der Waals surface area contributed by atoms with Crippen molar-refractivity contribution in [3.8, 4) is 0 Å². The van der Waals surface area contributed by atoms with Gasteiger partial charge in [0.05, 0.1) is 0 Å². The molecule has 1 rings (SSSR count). The molecule has 1 unspecified atom stereocenters. The van der Waals surface area contributed by atoms with Gasteiger partial charge in [-0.25, -0.2) is 4.79 Å². The summed E-state index contributed by atoms with van der Waals surface area (Å²) in [5.41, 5.74) is 4.47. The van der Waals surface area contributed by atoms with E-state index in [0.717, 1.165) is 10.0 Å². The fourth-order valence-electron chi connectivity index (χ4n) is 0.968. The number of carbonyl (C=O) groups is 1. The van der Waals surface area contributed by atoms with Crippen molar-refractivity contribution in [1.82, 2.24) is 0 Å². The highest BCUT2D eigenvalue weighted by Gasteiger charge is 2.30. The molecule has 0 aliphatic rings. The zero-order chi connectivity index (χ0) is 12.2. The van der Waals surface area contributed by atoms with E-state index in [1.54, 1.807) is 0 Å². The lowest BCUT2D eigenvalue weighted by Crippen LogP contribution is -2.43. The highest BCUT2D eigenvalue weighted by atomic mass is 79.9. The quantitative estimate of drug-likeness (QED) is 0.817. The summed E-state index contributed by atoms with van der Waals surface area (Å²) in [7, 11) is 0. The summed E-state index contributed by atoms with van der Waals surface area (Å²) in [5.74, 6) is -0.710. The van der Waals surface area contributed by atoms with Crippen LogP contribution in [0.5, 0.6) is 0 Å². The Morgan fingerprint density at radius 1 is 1.50 bits per heavy atom. The first-order chi connectivity index (χ1) is 7.45. The summed E-state index contributed by atoms with van der Waals surface area (Å²) in [6, 6.07) is 7.36. The number of ether oxygens (including phenoxy) is 1. The number of esters is 1. The minimum atomic E-state index is -1.62. The van der Waals surface area contributed by atoms with Crippen LogP contribution in [0.15, 0.2) is 28.7 Å². The molecule has 1 aromatic carbocycles. The number of aliphatic hydroxyl groups is 1. The van der Waals surface area contributed by atoms with Crippen LogP contribution in [0.4, 0.5) is 0 Å². The van der Waals surface area contributed by atoms with E-state index in [1.165, 1.54) is 6.92 Å². The van der Waals surface area contributed by atoms with Crippen molar-refractivity contribution < 1.29 is 14.6 Å². The van der Waals surface area contributed by atoms with Crippen molar-refractivity contribution >= 4 is 21.9 Å². The summed E-state index contributed by atoms with van der Waals surface area (Å²) in [6.45, 7) is 1.30. The topological polar surface area (TPSA) is 72.5 Å². The van der Waals surface area contributed by atoms with E-state index in [1.807, 2.05) is 24.3 Å². The summed E-state index contributed by atoms with van der Waals surface area (Å²) in [6.07, 6.45) is 0. The Labute approximate surface area is 103 Å². The van der Waals surface area contributed by atoms with Gasteiger partial charge in [0.2, 0.25) is 0 Å². The average Bonchev–Trinajstić information content (AvgIpc) is 2.28. The summed E-state index contributed by atoms with van der Waals surface area (Å²) >= 11 is 3.30. The Kier molecular flexibility index (Phi) is 4.46. The zero-order valence-electron chi connectivity index (χ0n) is 8.94. The number of halogens is 1. The average molecular weight is 288 g/mol. The van der Waals surface area contributed by atoms with Crippen molar-refractivity contribution in [3.63, 3.8) is 0 Å². The summed E-state index contributed by atoms with van der Waals surface area (Å²) in [5, 5.41) is 9.51. The van der Waals surface area contributed by atoms with Gasteiger partial charge in [-0.3, -0.25) is 0 Å². The Bertz CT molecular complexity index is 362. The van der Waals surface area contributed by atoms with Gasteiger partial charge in [0, 0.05) is 11.0 Å². The van der Waals surface area contributed by atoms with Crippen molar-refractivity contribution in [2.24, 2.45) is 5.73 Å². The van der Waals surface area contributed by atoms with Crippen LogP contribution in [0.25, 0.3) is 0 Å². The fraction of sp³-hybridized carbons (Fsp3) is 0.364. The van der Waals surface area contributed by atoms with Gasteiger partial charge < -0.3 is 15.6 Å². The highest BCUT2D eigenvalue weighted by molar-refractivity contribution is 9.10. The minimum Gasteiger partial charge on any atom is -0.459 e. The maximum Gasteiger partial charge on any atom is 0.339 e. The Balaban J connectivity index is 2.52. The van der Waals surface area contributed by atoms with Crippen LogP contribution in [0.1, 0.15) is 12.5 Å². The van der Waals surface area contributed by atoms with Gasteiger partial charge in [-0.1, -0.05) is 28.1 Å². The van der Waals surface area contributed by atoms with Gasteiger partial charge in [-0.05, 0) is 24.6 Å². The number of hydrogen-bond donors (Lipinski definition) is 2. The first-order valence-electron chi connectivity index (χ1n) is 4.80. The molecule has 1 atom stereocenters. The van der Waals surface area contributed by atoms with Crippen molar-refractivity contribution in [2.45, 2.75) is 19.1 Å². The van der Waals surface area contributed by atoms with Gasteiger partial charge in [0.15, 0.2) is 5.60 Å². The molecule has 5 heteroatoms. The molecule has 0 heterocycles. The Hall–Kier alpha value is -0.910. The maximum absolute atomic E-state index is 11.4. The van der Waals surface area contributed by atoms with E-state index < -0.39 is 11.6 Å². The molecule has 0 bridgehead atoms. The van der Waals surface area contributed by atoms with E-state index >= 15 is 0 Å². The molecule has 1 aromatic rings. The molecule has 0 fully saturated rings. The molecular weight excluding hydrogens is 274 g/mol. The summed E-state index contributed by atoms with van der Waals surface area (Å²) < 4.78 is 5.89. The molecule has 0 aliphatic heterocycles. The van der Waals surface area contributed by atoms with Gasteiger partial charge >= 0.3 is 5.97 Å². The molecule has 3 N–H and O–H groups in total. The van der Waals surface area contributed by atoms with Crippen LogP contribution >= 0.6 is 15.9 Å². The van der Waals surface area contributed by atoms with E-state index in [0.29, 0.717) is 0 Å². The second kappa shape index (κ2) is 5.43.